The second kappa shape index (κ2) is 11.8. The number of aliphatic hydroxyl groups excluding tert-OH is 1. The van der Waals surface area contributed by atoms with Crippen molar-refractivity contribution in [3.8, 4) is 0 Å². The third kappa shape index (κ3) is 8.08. The van der Waals surface area contributed by atoms with E-state index in [2.05, 4.69) is 26.2 Å². The molecule has 4 N–H and O–H groups in total. The molecule has 0 spiro atoms. The normalized spacial score (nSPS) is 11.2. The fourth-order valence-corrected chi connectivity index (χ4v) is 3.18. The Labute approximate surface area is 174 Å². The first-order chi connectivity index (χ1) is 13.6. The summed E-state index contributed by atoms with van der Waals surface area (Å²) in [7, 11) is -3.73. The zero-order chi connectivity index (χ0) is 22.0. The third-order valence-electron chi connectivity index (χ3n) is 3.42. The van der Waals surface area contributed by atoms with E-state index in [4.69, 9.17) is 14.5 Å². The number of halogens is 1. The summed E-state index contributed by atoms with van der Waals surface area (Å²) in [5.74, 6) is -0.734. The van der Waals surface area contributed by atoms with Gasteiger partial charge >= 0.3 is 0 Å². The maximum absolute atomic E-state index is 12.6. The molecule has 0 radical (unpaired) electrons. The van der Waals surface area contributed by atoms with Crippen LogP contribution in [-0.2, 0) is 19.3 Å². The largest absolute Gasteiger partial charge is 0.395 e. The Morgan fingerprint density at radius 2 is 2.07 bits per heavy atom. The lowest BCUT2D eigenvalue weighted by atomic mass is 10.1. The van der Waals surface area contributed by atoms with Gasteiger partial charge < -0.3 is 15.3 Å². The molecule has 0 aliphatic rings. The highest BCUT2D eigenvalue weighted by atomic mass is 79.9. The van der Waals surface area contributed by atoms with Crippen molar-refractivity contribution in [1.29, 1.82) is 0 Å². The third-order valence-corrected chi connectivity index (χ3v) is 4.37. The Morgan fingerprint density at radius 1 is 1.38 bits per heavy atom. The fourth-order valence-electron chi connectivity index (χ4n) is 2.38. The van der Waals surface area contributed by atoms with Crippen molar-refractivity contribution < 1.29 is 37.7 Å². The van der Waals surface area contributed by atoms with Crippen LogP contribution in [0.3, 0.4) is 0 Å². The Bertz CT molecular complexity index is 822. The number of nitro groups is 1. The van der Waals surface area contributed by atoms with Crippen LogP contribution >= 0.6 is 15.9 Å². The first-order valence-electron chi connectivity index (χ1n) is 8.07. The number of nitrogens with zero attached hydrogens (tertiary/aromatic N) is 2. The van der Waals surface area contributed by atoms with E-state index >= 15 is 0 Å². The van der Waals surface area contributed by atoms with E-state index in [9.17, 15) is 23.3 Å². The molecule has 0 heterocycles. The summed E-state index contributed by atoms with van der Waals surface area (Å²) in [4.78, 5) is 28.7. The number of rotatable bonds is 13. The molecule has 0 saturated heterocycles. The van der Waals surface area contributed by atoms with Crippen molar-refractivity contribution in [2.75, 3.05) is 54.8 Å². The quantitative estimate of drug-likeness (QED) is 0.0960. The second-order valence-electron chi connectivity index (χ2n) is 5.52. The highest BCUT2D eigenvalue weighted by Gasteiger charge is 2.28. The van der Waals surface area contributed by atoms with Gasteiger partial charge in [0.15, 0.2) is 0 Å². The van der Waals surface area contributed by atoms with Gasteiger partial charge in [0, 0.05) is 31.0 Å². The molecule has 0 aromatic heterocycles. The number of alkyl halides is 1. The Morgan fingerprint density at radius 3 is 2.59 bits per heavy atom. The van der Waals surface area contributed by atoms with Crippen molar-refractivity contribution in [1.82, 2.24) is 5.32 Å². The molecule has 0 fully saturated rings. The van der Waals surface area contributed by atoms with E-state index in [0.29, 0.717) is 5.33 Å². The zero-order valence-electron chi connectivity index (χ0n) is 15.3. The van der Waals surface area contributed by atoms with Gasteiger partial charge in [-0.25, -0.2) is 10.7 Å². The average molecular weight is 501 g/mol. The summed E-state index contributed by atoms with van der Waals surface area (Å²) >= 11 is 3.21. The number of anilines is 2. The van der Waals surface area contributed by atoms with Gasteiger partial charge in [0.1, 0.15) is 5.69 Å². The molecule has 1 aromatic rings. The molecule has 0 saturated carbocycles. The lowest BCUT2D eigenvalue weighted by molar-refractivity contribution is -0.384. The standard InChI is InChI=1S/C14H21BrN4O9S/c1-29(25,26)27-7-5-18(4-2-15)13-11(14(21)16-3-6-20)8-10(17-28-24)9-12(13)19(22)23/h8-9,17,20,24H,2-7H2,1H3,(H,16,21). The number of amides is 1. The summed E-state index contributed by atoms with van der Waals surface area (Å²) in [5.41, 5.74) is 1.17. The molecule has 164 valence electrons. The summed E-state index contributed by atoms with van der Waals surface area (Å²) in [6.45, 7) is -0.662. The van der Waals surface area contributed by atoms with Crippen LogP contribution in [0.2, 0.25) is 0 Å². The number of benzene rings is 1. The summed E-state index contributed by atoms with van der Waals surface area (Å²) in [6, 6.07) is 2.23. The van der Waals surface area contributed by atoms with E-state index in [0.717, 1.165) is 12.3 Å². The first kappa shape index (κ1) is 25.0. The summed E-state index contributed by atoms with van der Waals surface area (Å²) in [5, 5.41) is 31.9. The van der Waals surface area contributed by atoms with Crippen LogP contribution < -0.4 is 15.7 Å². The number of nitro benzene ring substituents is 1. The van der Waals surface area contributed by atoms with Gasteiger partial charge in [-0.05, 0) is 6.07 Å². The predicted octanol–water partition coefficient (Wildman–Crippen LogP) is 0.311. The minimum absolute atomic E-state index is 0.0803. The van der Waals surface area contributed by atoms with Crippen LogP contribution in [0.15, 0.2) is 12.1 Å². The molecule has 29 heavy (non-hydrogen) atoms. The molecular formula is C14H21BrN4O9S. The van der Waals surface area contributed by atoms with Crippen LogP contribution in [0.1, 0.15) is 10.4 Å². The molecule has 0 aliphatic carbocycles. The highest BCUT2D eigenvalue weighted by molar-refractivity contribution is 9.09. The molecule has 0 aliphatic heterocycles. The molecule has 1 rings (SSSR count). The summed E-state index contributed by atoms with van der Waals surface area (Å²) < 4.78 is 27.1. The topological polar surface area (TPSA) is 181 Å². The maximum Gasteiger partial charge on any atom is 0.295 e. The van der Waals surface area contributed by atoms with Gasteiger partial charge in [0.05, 0.1) is 35.6 Å². The highest BCUT2D eigenvalue weighted by Crippen LogP contribution is 2.35. The molecule has 15 heteroatoms. The van der Waals surface area contributed by atoms with Gasteiger partial charge in [-0.3, -0.25) is 19.1 Å². The van der Waals surface area contributed by atoms with Crippen LogP contribution in [-0.4, -0.2) is 74.0 Å². The second-order valence-corrected chi connectivity index (χ2v) is 7.96. The number of aliphatic hydroxyl groups is 1. The lowest BCUT2D eigenvalue weighted by Crippen LogP contribution is -2.34. The minimum Gasteiger partial charge on any atom is -0.395 e. The van der Waals surface area contributed by atoms with E-state index < -0.39 is 26.6 Å². The summed E-state index contributed by atoms with van der Waals surface area (Å²) in [6.07, 6.45) is 0.868. The molecular weight excluding hydrogens is 480 g/mol. The van der Waals surface area contributed by atoms with E-state index in [1.807, 2.05) is 5.48 Å². The van der Waals surface area contributed by atoms with Crippen molar-refractivity contribution in [3.05, 3.63) is 27.8 Å². The Balaban J connectivity index is 3.49. The first-order valence-corrected chi connectivity index (χ1v) is 11.0. The van der Waals surface area contributed by atoms with Crippen LogP contribution in [0, 0.1) is 10.1 Å². The molecule has 0 bridgehead atoms. The average Bonchev–Trinajstić information content (AvgIpc) is 2.64. The number of carbonyl (C=O) groups excluding carboxylic acids is 1. The van der Waals surface area contributed by atoms with Gasteiger partial charge in [0.2, 0.25) is 0 Å². The van der Waals surface area contributed by atoms with Crippen molar-refractivity contribution in [2.45, 2.75) is 0 Å². The fraction of sp³-hybridized carbons (Fsp3) is 0.500. The Kier molecular flexibility index (Phi) is 10.2. The van der Waals surface area contributed by atoms with Gasteiger partial charge in [-0.2, -0.15) is 8.42 Å². The predicted molar refractivity (Wildman–Crippen MR) is 107 cm³/mol. The molecule has 1 amide bonds. The van der Waals surface area contributed by atoms with Crippen molar-refractivity contribution >= 4 is 49.0 Å². The number of hydrogen-bond donors (Lipinski definition) is 4. The monoisotopic (exact) mass is 500 g/mol. The van der Waals surface area contributed by atoms with E-state index in [-0.39, 0.29) is 49.8 Å². The van der Waals surface area contributed by atoms with Gasteiger partial charge in [-0.15, -0.1) is 4.99 Å². The molecule has 13 nitrogen and oxygen atoms in total. The van der Waals surface area contributed by atoms with Gasteiger partial charge in [0.25, 0.3) is 21.7 Å². The van der Waals surface area contributed by atoms with Crippen LogP contribution in [0.5, 0.6) is 0 Å². The van der Waals surface area contributed by atoms with E-state index in [1.54, 1.807) is 0 Å². The lowest BCUT2D eigenvalue weighted by Gasteiger charge is -2.26. The van der Waals surface area contributed by atoms with Crippen molar-refractivity contribution in [2.24, 2.45) is 0 Å². The van der Waals surface area contributed by atoms with Crippen molar-refractivity contribution in [3.63, 3.8) is 0 Å². The maximum atomic E-state index is 12.6. The minimum atomic E-state index is -3.73. The molecule has 0 unspecified atom stereocenters. The molecule has 0 atom stereocenters. The van der Waals surface area contributed by atoms with E-state index in [1.165, 1.54) is 11.0 Å². The zero-order valence-corrected chi connectivity index (χ0v) is 17.7. The van der Waals surface area contributed by atoms with Crippen LogP contribution in [0.4, 0.5) is 17.1 Å². The number of nitrogens with one attached hydrogen (secondary N) is 2. The SMILES string of the molecule is CS(=O)(=O)OCCN(CCBr)c1c(C(=O)NCCO)cc(NOO)cc1[N+](=O)[O-]. The smallest absolute Gasteiger partial charge is 0.295 e. The van der Waals surface area contributed by atoms with Crippen LogP contribution in [0.25, 0.3) is 0 Å². The Hall–Kier alpha value is -2.04. The molecule has 1 aromatic carbocycles. The number of carbonyl (C=O) groups is 1. The number of hydrogen-bond acceptors (Lipinski definition) is 11. The van der Waals surface area contributed by atoms with Gasteiger partial charge in [-0.1, -0.05) is 15.9 Å².